The zero-order chi connectivity index (χ0) is 22.5. The smallest absolute Gasteiger partial charge is 0.335 e. The summed E-state index contributed by atoms with van der Waals surface area (Å²) in [6.45, 7) is 2.26. The van der Waals surface area contributed by atoms with E-state index in [-0.39, 0.29) is 17.5 Å². The normalized spacial score (nSPS) is 11.7. The maximum absolute atomic E-state index is 13.4. The summed E-state index contributed by atoms with van der Waals surface area (Å²) in [5.74, 6) is -1.30. The van der Waals surface area contributed by atoms with Gasteiger partial charge in [-0.1, -0.05) is 78.0 Å². The Hall–Kier alpha value is -4.26. The molecule has 7 nitrogen and oxygen atoms in total. The molecule has 1 aromatic heterocycles. The van der Waals surface area contributed by atoms with Gasteiger partial charge in [0.2, 0.25) is 0 Å². The van der Waals surface area contributed by atoms with Crippen molar-refractivity contribution in [3.05, 3.63) is 107 Å². The maximum atomic E-state index is 13.4. The highest BCUT2D eigenvalue weighted by Crippen LogP contribution is 2.23. The lowest BCUT2D eigenvalue weighted by Gasteiger charge is -2.16. The lowest BCUT2D eigenvalue weighted by Crippen LogP contribution is -2.29. The van der Waals surface area contributed by atoms with Gasteiger partial charge in [-0.25, -0.2) is 9.48 Å². The number of nitrogens with zero attached hydrogens (tertiary/aromatic N) is 3. The Labute approximate surface area is 185 Å². The van der Waals surface area contributed by atoms with Crippen molar-refractivity contribution in [3.8, 4) is 11.3 Å². The van der Waals surface area contributed by atoms with Crippen LogP contribution in [0, 0.1) is 0 Å². The number of carbonyl (C=O) groups is 2. The second-order valence-corrected chi connectivity index (χ2v) is 7.42. The van der Waals surface area contributed by atoms with Crippen molar-refractivity contribution in [3.63, 3.8) is 0 Å². The molecule has 2 N–H and O–H groups in total. The SMILES string of the molecule is C[C@H](NC(=O)c1c(-c2ccccc2)nnn1Cc1ccccc1)c1ccc(C(=O)O)cc1. The van der Waals surface area contributed by atoms with Gasteiger partial charge in [-0.3, -0.25) is 4.79 Å². The van der Waals surface area contributed by atoms with E-state index in [0.29, 0.717) is 17.9 Å². The summed E-state index contributed by atoms with van der Waals surface area (Å²) >= 11 is 0. The van der Waals surface area contributed by atoms with Crippen molar-refractivity contribution in [2.45, 2.75) is 19.5 Å². The topological polar surface area (TPSA) is 97.1 Å². The molecule has 7 heteroatoms. The molecule has 4 aromatic rings. The minimum atomic E-state index is -0.989. The molecule has 0 aliphatic rings. The highest BCUT2D eigenvalue weighted by atomic mass is 16.4. The van der Waals surface area contributed by atoms with Crippen LogP contribution in [0.4, 0.5) is 0 Å². The largest absolute Gasteiger partial charge is 0.478 e. The maximum Gasteiger partial charge on any atom is 0.335 e. The van der Waals surface area contributed by atoms with Crippen LogP contribution in [-0.4, -0.2) is 32.0 Å². The lowest BCUT2D eigenvalue weighted by atomic mass is 10.1. The van der Waals surface area contributed by atoms with Gasteiger partial charge in [-0.2, -0.15) is 0 Å². The summed E-state index contributed by atoms with van der Waals surface area (Å²) in [6.07, 6.45) is 0. The fraction of sp³-hybridized carbons (Fsp3) is 0.120. The first kappa shape index (κ1) is 21.0. The third kappa shape index (κ3) is 4.57. The summed E-state index contributed by atoms with van der Waals surface area (Å²) in [5, 5.41) is 20.6. The first-order valence-electron chi connectivity index (χ1n) is 10.2. The minimum Gasteiger partial charge on any atom is -0.478 e. The van der Waals surface area contributed by atoms with Gasteiger partial charge in [0.1, 0.15) is 5.69 Å². The molecule has 0 fully saturated rings. The summed E-state index contributed by atoms with van der Waals surface area (Å²) in [6, 6.07) is 25.3. The molecular formula is C25H22N4O3. The Morgan fingerprint density at radius 2 is 1.56 bits per heavy atom. The summed E-state index contributed by atoms with van der Waals surface area (Å²) in [4.78, 5) is 24.5. The van der Waals surface area contributed by atoms with Crippen LogP contribution >= 0.6 is 0 Å². The van der Waals surface area contributed by atoms with Crippen molar-refractivity contribution in [2.24, 2.45) is 0 Å². The Bertz CT molecular complexity index is 1220. The van der Waals surface area contributed by atoms with Crippen molar-refractivity contribution in [2.75, 3.05) is 0 Å². The molecule has 3 aromatic carbocycles. The van der Waals surface area contributed by atoms with E-state index >= 15 is 0 Å². The summed E-state index contributed by atoms with van der Waals surface area (Å²) < 4.78 is 1.60. The molecule has 0 aliphatic carbocycles. The second kappa shape index (κ2) is 9.26. The molecule has 4 rings (SSSR count). The molecule has 160 valence electrons. The van der Waals surface area contributed by atoms with Gasteiger partial charge in [0.05, 0.1) is 18.2 Å². The van der Waals surface area contributed by atoms with E-state index in [1.165, 1.54) is 12.1 Å². The molecule has 0 saturated carbocycles. The Balaban J connectivity index is 1.64. The predicted octanol–water partition coefficient (Wildman–Crippen LogP) is 4.18. The van der Waals surface area contributed by atoms with Crippen molar-refractivity contribution in [1.82, 2.24) is 20.3 Å². The number of aromatic nitrogens is 3. The van der Waals surface area contributed by atoms with Gasteiger partial charge >= 0.3 is 5.97 Å². The van der Waals surface area contributed by atoms with Gasteiger partial charge in [0.15, 0.2) is 5.69 Å². The third-order valence-corrected chi connectivity index (χ3v) is 5.18. The number of carboxylic acid groups (broad SMARTS) is 1. The first-order valence-corrected chi connectivity index (χ1v) is 10.2. The quantitative estimate of drug-likeness (QED) is 0.462. The average Bonchev–Trinajstić information content (AvgIpc) is 3.24. The standard InChI is InChI=1S/C25H22N4O3/c1-17(19-12-14-21(15-13-19)25(31)32)26-24(30)23-22(20-10-6-3-7-11-20)27-28-29(23)16-18-8-4-2-5-9-18/h2-15,17H,16H2,1H3,(H,26,30)(H,31,32)/t17-/m0/s1. The molecule has 0 saturated heterocycles. The fourth-order valence-electron chi connectivity index (χ4n) is 3.46. The van der Waals surface area contributed by atoms with Gasteiger partial charge in [-0.15, -0.1) is 5.10 Å². The van der Waals surface area contributed by atoms with Gasteiger partial charge in [0, 0.05) is 5.56 Å². The third-order valence-electron chi connectivity index (χ3n) is 5.18. The minimum absolute atomic E-state index is 0.198. The van der Waals surface area contributed by atoms with Crippen LogP contribution in [0.2, 0.25) is 0 Å². The van der Waals surface area contributed by atoms with E-state index in [1.807, 2.05) is 67.6 Å². The zero-order valence-electron chi connectivity index (χ0n) is 17.5. The van der Waals surface area contributed by atoms with Crippen LogP contribution in [0.1, 0.15) is 44.9 Å². The van der Waals surface area contributed by atoms with Crippen molar-refractivity contribution < 1.29 is 14.7 Å². The van der Waals surface area contributed by atoms with E-state index in [2.05, 4.69) is 15.6 Å². The molecule has 1 atom stereocenters. The summed E-state index contributed by atoms with van der Waals surface area (Å²) in [7, 11) is 0. The van der Waals surface area contributed by atoms with Crippen LogP contribution in [0.15, 0.2) is 84.9 Å². The second-order valence-electron chi connectivity index (χ2n) is 7.42. The van der Waals surface area contributed by atoms with Crippen LogP contribution < -0.4 is 5.32 Å². The Morgan fingerprint density at radius 3 is 2.19 bits per heavy atom. The predicted molar refractivity (Wildman–Crippen MR) is 120 cm³/mol. The number of rotatable bonds is 7. The van der Waals surface area contributed by atoms with E-state index in [0.717, 1.165) is 16.7 Å². The Morgan fingerprint density at radius 1 is 0.938 bits per heavy atom. The van der Waals surface area contributed by atoms with Crippen LogP contribution in [0.5, 0.6) is 0 Å². The number of hydrogen-bond donors (Lipinski definition) is 2. The lowest BCUT2D eigenvalue weighted by molar-refractivity contribution is 0.0696. The average molecular weight is 426 g/mol. The Kier molecular flexibility index (Phi) is 6.07. The van der Waals surface area contributed by atoms with E-state index in [4.69, 9.17) is 5.11 Å². The molecule has 1 heterocycles. The molecule has 0 unspecified atom stereocenters. The van der Waals surface area contributed by atoms with Gasteiger partial charge in [0.25, 0.3) is 5.91 Å². The van der Waals surface area contributed by atoms with Crippen molar-refractivity contribution >= 4 is 11.9 Å². The number of benzene rings is 3. The number of hydrogen-bond acceptors (Lipinski definition) is 4. The van der Waals surface area contributed by atoms with Gasteiger partial charge < -0.3 is 10.4 Å². The van der Waals surface area contributed by atoms with Crippen LogP contribution in [-0.2, 0) is 6.54 Å². The molecular weight excluding hydrogens is 404 g/mol. The first-order chi connectivity index (χ1) is 15.5. The number of carboxylic acids is 1. The number of nitrogens with one attached hydrogen (secondary N) is 1. The monoisotopic (exact) mass is 426 g/mol. The molecule has 0 aliphatic heterocycles. The van der Waals surface area contributed by atoms with E-state index < -0.39 is 5.97 Å². The number of amides is 1. The van der Waals surface area contributed by atoms with E-state index in [1.54, 1.807) is 16.8 Å². The molecule has 0 radical (unpaired) electrons. The van der Waals surface area contributed by atoms with Crippen LogP contribution in [0.3, 0.4) is 0 Å². The zero-order valence-corrected chi connectivity index (χ0v) is 17.5. The summed E-state index contributed by atoms with van der Waals surface area (Å²) in [5.41, 5.74) is 3.68. The van der Waals surface area contributed by atoms with Crippen molar-refractivity contribution in [1.29, 1.82) is 0 Å². The highest BCUT2D eigenvalue weighted by molar-refractivity contribution is 5.98. The molecule has 32 heavy (non-hydrogen) atoms. The molecule has 1 amide bonds. The van der Waals surface area contributed by atoms with E-state index in [9.17, 15) is 9.59 Å². The highest BCUT2D eigenvalue weighted by Gasteiger charge is 2.23. The molecule has 0 bridgehead atoms. The van der Waals surface area contributed by atoms with Crippen LogP contribution in [0.25, 0.3) is 11.3 Å². The molecule has 0 spiro atoms. The number of aromatic carboxylic acids is 1. The number of carbonyl (C=O) groups excluding carboxylic acids is 1. The fourth-order valence-corrected chi connectivity index (χ4v) is 3.46. The van der Waals surface area contributed by atoms with Gasteiger partial charge in [-0.05, 0) is 30.2 Å².